The number of hydrogen-bond donors (Lipinski definition) is 2. The molecule has 0 fully saturated rings. The number of benzene rings is 2. The predicted octanol–water partition coefficient (Wildman–Crippen LogP) is 6.15. The molecule has 7 nitrogen and oxygen atoms in total. The molecule has 2 aromatic heterocycles. The van der Waals surface area contributed by atoms with E-state index in [-0.39, 0.29) is 16.9 Å². The SMILES string of the molecule is CC(C)Nc1nccc(-c2sc(C(C)C)nc2-c2cccc(NS(=O)(=O)c3cccc(F)c3)c2)n1. The Morgan fingerprint density at radius 1 is 0.971 bits per heavy atom. The Balaban J connectivity index is 1.74. The maximum absolute atomic E-state index is 13.6. The van der Waals surface area contributed by atoms with E-state index in [2.05, 4.69) is 33.9 Å². The summed E-state index contributed by atoms with van der Waals surface area (Å²) in [6.07, 6.45) is 1.70. The van der Waals surface area contributed by atoms with Gasteiger partial charge in [0.05, 0.1) is 26.2 Å². The van der Waals surface area contributed by atoms with E-state index in [1.807, 2.05) is 26.0 Å². The van der Waals surface area contributed by atoms with Gasteiger partial charge in [0, 0.05) is 29.4 Å². The van der Waals surface area contributed by atoms with Crippen molar-refractivity contribution in [3.05, 3.63) is 71.6 Å². The van der Waals surface area contributed by atoms with Gasteiger partial charge in [-0.15, -0.1) is 11.3 Å². The molecule has 2 heterocycles. The summed E-state index contributed by atoms with van der Waals surface area (Å²) in [6, 6.07) is 13.9. The van der Waals surface area contributed by atoms with Gasteiger partial charge in [0.15, 0.2) is 0 Å². The van der Waals surface area contributed by atoms with Crippen LogP contribution < -0.4 is 10.0 Å². The van der Waals surface area contributed by atoms with Crippen LogP contribution in [-0.2, 0) is 10.0 Å². The fourth-order valence-corrected chi connectivity index (χ4v) is 5.48. The van der Waals surface area contributed by atoms with Crippen molar-refractivity contribution in [3.63, 3.8) is 0 Å². The van der Waals surface area contributed by atoms with Crippen molar-refractivity contribution in [2.45, 2.75) is 44.6 Å². The van der Waals surface area contributed by atoms with Crippen molar-refractivity contribution in [1.29, 1.82) is 0 Å². The third-order valence-electron chi connectivity index (χ3n) is 4.94. The predicted molar refractivity (Wildman–Crippen MR) is 139 cm³/mol. The average molecular weight is 512 g/mol. The molecule has 35 heavy (non-hydrogen) atoms. The summed E-state index contributed by atoms with van der Waals surface area (Å²) in [5, 5.41) is 4.16. The normalized spacial score (nSPS) is 11.7. The van der Waals surface area contributed by atoms with Crippen molar-refractivity contribution in [2.75, 3.05) is 10.0 Å². The molecule has 0 saturated carbocycles. The lowest BCUT2D eigenvalue weighted by molar-refractivity contribution is 0.595. The molecule has 10 heteroatoms. The minimum atomic E-state index is -3.96. The Morgan fingerprint density at radius 3 is 2.46 bits per heavy atom. The minimum Gasteiger partial charge on any atom is -0.352 e. The fraction of sp³-hybridized carbons (Fsp3) is 0.240. The van der Waals surface area contributed by atoms with E-state index < -0.39 is 15.8 Å². The highest BCUT2D eigenvalue weighted by Gasteiger charge is 2.20. The van der Waals surface area contributed by atoms with Gasteiger partial charge in [-0.25, -0.2) is 27.8 Å². The van der Waals surface area contributed by atoms with E-state index in [9.17, 15) is 12.8 Å². The topological polar surface area (TPSA) is 96.9 Å². The number of nitrogens with zero attached hydrogens (tertiary/aromatic N) is 3. The molecular weight excluding hydrogens is 485 g/mol. The van der Waals surface area contributed by atoms with E-state index in [1.165, 1.54) is 18.2 Å². The zero-order valence-electron chi connectivity index (χ0n) is 19.8. The maximum Gasteiger partial charge on any atom is 0.261 e. The van der Waals surface area contributed by atoms with Crippen LogP contribution in [0.5, 0.6) is 0 Å². The van der Waals surface area contributed by atoms with Gasteiger partial charge in [0.1, 0.15) is 5.82 Å². The molecule has 4 aromatic rings. The summed E-state index contributed by atoms with van der Waals surface area (Å²) in [5.41, 5.74) is 2.52. The summed E-state index contributed by atoms with van der Waals surface area (Å²) in [5.74, 6) is 0.114. The molecule has 0 radical (unpaired) electrons. The third-order valence-corrected chi connectivity index (χ3v) is 7.70. The highest BCUT2D eigenvalue weighted by atomic mass is 32.2. The van der Waals surface area contributed by atoms with Crippen LogP contribution in [0.4, 0.5) is 16.0 Å². The lowest BCUT2D eigenvalue weighted by Gasteiger charge is -2.11. The monoisotopic (exact) mass is 511 g/mol. The number of nitrogens with one attached hydrogen (secondary N) is 2. The fourth-order valence-electron chi connectivity index (χ4n) is 3.34. The first-order chi connectivity index (χ1) is 16.6. The molecule has 0 saturated heterocycles. The van der Waals surface area contributed by atoms with Gasteiger partial charge in [-0.1, -0.05) is 32.0 Å². The molecule has 182 valence electrons. The van der Waals surface area contributed by atoms with Crippen molar-refractivity contribution in [1.82, 2.24) is 15.0 Å². The molecule has 0 aliphatic heterocycles. The lowest BCUT2D eigenvalue weighted by atomic mass is 10.1. The number of anilines is 2. The van der Waals surface area contributed by atoms with Gasteiger partial charge < -0.3 is 5.32 Å². The molecule has 2 aromatic carbocycles. The zero-order valence-corrected chi connectivity index (χ0v) is 21.4. The molecule has 0 unspecified atom stereocenters. The van der Waals surface area contributed by atoms with Crippen LogP contribution in [0.3, 0.4) is 0 Å². The van der Waals surface area contributed by atoms with Gasteiger partial charge in [-0.3, -0.25) is 4.72 Å². The smallest absolute Gasteiger partial charge is 0.261 e. The van der Waals surface area contributed by atoms with E-state index in [4.69, 9.17) is 4.98 Å². The molecule has 2 N–H and O–H groups in total. The van der Waals surface area contributed by atoms with Gasteiger partial charge >= 0.3 is 0 Å². The van der Waals surface area contributed by atoms with Gasteiger partial charge in [0.25, 0.3) is 10.0 Å². The van der Waals surface area contributed by atoms with Gasteiger partial charge in [0.2, 0.25) is 5.95 Å². The van der Waals surface area contributed by atoms with Crippen LogP contribution in [0.1, 0.15) is 38.6 Å². The Hall–Kier alpha value is -3.37. The first-order valence-electron chi connectivity index (χ1n) is 11.1. The molecule has 0 atom stereocenters. The maximum atomic E-state index is 13.6. The molecule has 0 aliphatic rings. The molecule has 0 spiro atoms. The standard InChI is InChI=1S/C25H26FN5O2S2/c1-15(2)24-30-22(23(34-24)21-11-12-27-25(29-21)28-16(3)4)17-7-5-9-19(13-17)31-35(32,33)20-10-6-8-18(26)14-20/h5-16,31H,1-4H3,(H,27,28,29). The number of hydrogen-bond acceptors (Lipinski definition) is 7. The second-order valence-electron chi connectivity index (χ2n) is 8.59. The van der Waals surface area contributed by atoms with Crippen LogP contribution in [0, 0.1) is 5.82 Å². The number of halogens is 1. The summed E-state index contributed by atoms with van der Waals surface area (Å²) in [4.78, 5) is 14.6. The van der Waals surface area contributed by atoms with Crippen molar-refractivity contribution < 1.29 is 12.8 Å². The van der Waals surface area contributed by atoms with E-state index in [0.717, 1.165) is 27.2 Å². The van der Waals surface area contributed by atoms with Crippen molar-refractivity contribution in [2.24, 2.45) is 0 Å². The Morgan fingerprint density at radius 2 is 1.74 bits per heavy atom. The quantitative estimate of drug-likeness (QED) is 0.294. The second-order valence-corrected chi connectivity index (χ2v) is 11.3. The molecule has 4 rings (SSSR count). The van der Waals surface area contributed by atoms with E-state index in [1.54, 1.807) is 35.7 Å². The first-order valence-corrected chi connectivity index (χ1v) is 13.4. The van der Waals surface area contributed by atoms with Crippen molar-refractivity contribution in [3.8, 4) is 21.8 Å². The van der Waals surface area contributed by atoms with E-state index in [0.29, 0.717) is 17.3 Å². The Bertz CT molecular complexity index is 1450. The Labute approximate surface area is 208 Å². The van der Waals surface area contributed by atoms with Gasteiger partial charge in [-0.05, 0) is 50.2 Å². The molecule has 0 aliphatic carbocycles. The Kier molecular flexibility index (Phi) is 7.13. The largest absolute Gasteiger partial charge is 0.352 e. The van der Waals surface area contributed by atoms with Crippen LogP contribution in [0.15, 0.2) is 65.7 Å². The van der Waals surface area contributed by atoms with Gasteiger partial charge in [-0.2, -0.15) is 0 Å². The highest BCUT2D eigenvalue weighted by Crippen LogP contribution is 2.39. The highest BCUT2D eigenvalue weighted by molar-refractivity contribution is 7.92. The summed E-state index contributed by atoms with van der Waals surface area (Å²) < 4.78 is 41.7. The van der Waals surface area contributed by atoms with Crippen LogP contribution >= 0.6 is 11.3 Å². The number of thiazole rings is 1. The first kappa shape index (κ1) is 24.7. The van der Waals surface area contributed by atoms with Crippen LogP contribution in [0.2, 0.25) is 0 Å². The van der Waals surface area contributed by atoms with E-state index >= 15 is 0 Å². The lowest BCUT2D eigenvalue weighted by Crippen LogP contribution is -2.13. The molecule has 0 bridgehead atoms. The molecule has 0 amide bonds. The second kappa shape index (κ2) is 10.1. The number of sulfonamides is 1. The summed E-state index contributed by atoms with van der Waals surface area (Å²) in [6.45, 7) is 8.17. The van der Waals surface area contributed by atoms with Crippen LogP contribution in [0.25, 0.3) is 21.8 Å². The third kappa shape index (κ3) is 5.83. The summed E-state index contributed by atoms with van der Waals surface area (Å²) >= 11 is 1.55. The minimum absolute atomic E-state index is 0.148. The number of aromatic nitrogens is 3. The number of rotatable bonds is 8. The molecular formula is C25H26FN5O2S2. The summed E-state index contributed by atoms with van der Waals surface area (Å²) in [7, 11) is -3.96. The average Bonchev–Trinajstić information content (AvgIpc) is 3.25. The van der Waals surface area contributed by atoms with Crippen molar-refractivity contribution >= 4 is 33.0 Å². The van der Waals surface area contributed by atoms with Crippen LogP contribution in [-0.4, -0.2) is 29.4 Å². The zero-order chi connectivity index (χ0) is 25.2.